The van der Waals surface area contributed by atoms with E-state index in [2.05, 4.69) is 9.97 Å². The van der Waals surface area contributed by atoms with Gasteiger partial charge >= 0.3 is 0 Å². The summed E-state index contributed by atoms with van der Waals surface area (Å²) in [4.78, 5) is 10.6. The molecule has 3 N–H and O–H groups in total. The van der Waals surface area contributed by atoms with Crippen LogP contribution in [0.1, 0.15) is 19.0 Å². The molecule has 0 bridgehead atoms. The Kier molecular flexibility index (Phi) is 5.07. The number of thiocarbonyl (C=S) groups is 1. The highest BCUT2D eigenvalue weighted by molar-refractivity contribution is 7.80. The van der Waals surface area contributed by atoms with Gasteiger partial charge in [0, 0.05) is 32.1 Å². The van der Waals surface area contributed by atoms with Crippen LogP contribution in [0.2, 0.25) is 0 Å². The van der Waals surface area contributed by atoms with Gasteiger partial charge in [0.2, 0.25) is 0 Å². The highest BCUT2D eigenvalue weighted by atomic mass is 32.1. The van der Waals surface area contributed by atoms with Crippen molar-refractivity contribution in [3.63, 3.8) is 0 Å². The Morgan fingerprint density at radius 2 is 2.19 bits per heavy atom. The first-order valence-corrected chi connectivity index (χ1v) is 5.58. The molecule has 0 radical (unpaired) electrons. The molecule has 16 heavy (non-hydrogen) atoms. The molecule has 0 aliphatic carbocycles. The number of aromatic nitrogens is 2. The average Bonchev–Trinajstić information content (AvgIpc) is 2.30. The van der Waals surface area contributed by atoms with Gasteiger partial charge in [-0.3, -0.25) is 0 Å². The van der Waals surface area contributed by atoms with E-state index in [1.165, 1.54) is 0 Å². The fourth-order valence-electron chi connectivity index (χ4n) is 1.41. The van der Waals surface area contributed by atoms with E-state index in [0.717, 1.165) is 6.54 Å². The second-order valence-electron chi connectivity index (χ2n) is 3.25. The van der Waals surface area contributed by atoms with Crippen LogP contribution in [-0.4, -0.2) is 39.8 Å². The van der Waals surface area contributed by atoms with Crippen LogP contribution in [0.25, 0.3) is 0 Å². The highest BCUT2D eigenvalue weighted by Gasteiger charge is 2.13. The van der Waals surface area contributed by atoms with Crippen molar-refractivity contribution in [1.29, 1.82) is 0 Å². The second kappa shape index (κ2) is 6.34. The Morgan fingerprint density at radius 1 is 1.50 bits per heavy atom. The summed E-state index contributed by atoms with van der Waals surface area (Å²) in [6.45, 7) is 3.64. The monoisotopic (exact) mass is 240 g/mol. The summed E-state index contributed by atoms with van der Waals surface area (Å²) in [5.74, 6) is 0.686. The molecule has 1 rings (SSSR count). The van der Waals surface area contributed by atoms with Crippen LogP contribution in [0.3, 0.4) is 0 Å². The van der Waals surface area contributed by atoms with E-state index in [9.17, 15) is 0 Å². The Bertz CT molecular complexity index is 358. The van der Waals surface area contributed by atoms with Gasteiger partial charge in [0.1, 0.15) is 10.7 Å². The number of aliphatic hydroxyl groups is 1. The quantitative estimate of drug-likeness (QED) is 0.697. The Morgan fingerprint density at radius 3 is 2.75 bits per heavy atom. The summed E-state index contributed by atoms with van der Waals surface area (Å²) in [6.07, 6.45) is 3.86. The first kappa shape index (κ1) is 12.8. The highest BCUT2D eigenvalue weighted by Crippen LogP contribution is 2.14. The lowest BCUT2D eigenvalue weighted by Gasteiger charge is -2.22. The van der Waals surface area contributed by atoms with E-state index < -0.39 is 0 Å². The maximum Gasteiger partial charge on any atom is 0.157 e. The fraction of sp³-hybridized carbons (Fsp3) is 0.500. The van der Waals surface area contributed by atoms with E-state index in [0.29, 0.717) is 24.5 Å². The molecular formula is C10H16N4OS. The van der Waals surface area contributed by atoms with Gasteiger partial charge in [0.05, 0.1) is 0 Å². The third kappa shape index (κ3) is 3.11. The minimum absolute atomic E-state index is 0.152. The van der Waals surface area contributed by atoms with Crippen LogP contribution in [0.4, 0.5) is 5.82 Å². The molecule has 0 saturated carbocycles. The summed E-state index contributed by atoms with van der Waals surface area (Å²) in [6, 6.07) is 0. The number of nitrogens with zero attached hydrogens (tertiary/aromatic N) is 3. The molecule has 0 aliphatic heterocycles. The van der Waals surface area contributed by atoms with Gasteiger partial charge in [0.25, 0.3) is 0 Å². The van der Waals surface area contributed by atoms with Gasteiger partial charge in [-0.15, -0.1) is 0 Å². The zero-order valence-electron chi connectivity index (χ0n) is 9.26. The third-order valence-electron chi connectivity index (χ3n) is 2.18. The lowest BCUT2D eigenvalue weighted by molar-refractivity contribution is 0.289. The van der Waals surface area contributed by atoms with Crippen LogP contribution < -0.4 is 10.6 Å². The first-order valence-electron chi connectivity index (χ1n) is 5.17. The van der Waals surface area contributed by atoms with E-state index in [4.69, 9.17) is 23.1 Å². The van der Waals surface area contributed by atoms with Crippen LogP contribution in [0, 0.1) is 0 Å². The molecule has 0 aliphatic rings. The molecule has 0 unspecified atom stereocenters. The minimum Gasteiger partial charge on any atom is -0.396 e. The van der Waals surface area contributed by atoms with Gasteiger partial charge in [-0.25, -0.2) is 9.97 Å². The van der Waals surface area contributed by atoms with E-state index in [1.807, 2.05) is 11.8 Å². The molecule has 6 heteroatoms. The molecule has 0 aromatic carbocycles. The summed E-state index contributed by atoms with van der Waals surface area (Å²) < 4.78 is 0. The standard InChI is InChI=1S/C10H16N4OS/c1-2-14(6-3-7-15)10-8(9(11)16)12-4-5-13-10/h4-5,15H,2-3,6-7H2,1H3,(H2,11,16). The molecule has 0 spiro atoms. The summed E-state index contributed by atoms with van der Waals surface area (Å²) in [5.41, 5.74) is 6.13. The summed E-state index contributed by atoms with van der Waals surface area (Å²) in [5, 5.41) is 8.82. The zero-order valence-corrected chi connectivity index (χ0v) is 10.1. The Hall–Kier alpha value is -1.27. The molecule has 1 aromatic heterocycles. The molecule has 0 saturated heterocycles. The number of anilines is 1. The predicted octanol–water partition coefficient (Wildman–Crippen LogP) is 0.320. The third-order valence-corrected chi connectivity index (χ3v) is 2.37. The van der Waals surface area contributed by atoms with Gasteiger partial charge < -0.3 is 15.7 Å². The molecule has 1 heterocycles. The molecule has 5 nitrogen and oxygen atoms in total. The van der Waals surface area contributed by atoms with Crippen molar-refractivity contribution in [2.75, 3.05) is 24.6 Å². The van der Waals surface area contributed by atoms with Gasteiger partial charge in [-0.05, 0) is 13.3 Å². The first-order chi connectivity index (χ1) is 7.70. The van der Waals surface area contributed by atoms with Crippen molar-refractivity contribution in [2.45, 2.75) is 13.3 Å². The van der Waals surface area contributed by atoms with E-state index in [1.54, 1.807) is 12.4 Å². The summed E-state index contributed by atoms with van der Waals surface area (Å²) >= 11 is 4.93. The van der Waals surface area contributed by atoms with Crippen molar-refractivity contribution in [1.82, 2.24) is 9.97 Å². The topological polar surface area (TPSA) is 75.3 Å². The molecule has 0 amide bonds. The van der Waals surface area contributed by atoms with E-state index in [-0.39, 0.29) is 11.6 Å². The van der Waals surface area contributed by atoms with Crippen LogP contribution in [-0.2, 0) is 0 Å². The minimum atomic E-state index is 0.152. The maximum absolute atomic E-state index is 8.82. The van der Waals surface area contributed by atoms with Crippen molar-refractivity contribution in [3.8, 4) is 0 Å². The van der Waals surface area contributed by atoms with E-state index >= 15 is 0 Å². The largest absolute Gasteiger partial charge is 0.396 e. The molecule has 0 fully saturated rings. The zero-order chi connectivity index (χ0) is 12.0. The lowest BCUT2D eigenvalue weighted by Crippen LogP contribution is -2.29. The Balaban J connectivity index is 2.94. The van der Waals surface area contributed by atoms with Crippen molar-refractivity contribution < 1.29 is 5.11 Å². The summed E-state index contributed by atoms with van der Waals surface area (Å²) in [7, 11) is 0. The number of hydrogen-bond donors (Lipinski definition) is 2. The lowest BCUT2D eigenvalue weighted by atomic mass is 10.3. The SMILES string of the molecule is CCN(CCCO)c1nccnc1C(N)=S. The number of nitrogens with two attached hydrogens (primary N) is 1. The van der Waals surface area contributed by atoms with Crippen molar-refractivity contribution >= 4 is 23.0 Å². The molecule has 0 atom stereocenters. The number of rotatable bonds is 6. The van der Waals surface area contributed by atoms with Crippen LogP contribution in [0.15, 0.2) is 12.4 Å². The Labute approximate surface area is 100 Å². The molecule has 88 valence electrons. The normalized spacial score (nSPS) is 10.1. The molecule has 1 aromatic rings. The van der Waals surface area contributed by atoms with Gasteiger partial charge in [0.15, 0.2) is 5.82 Å². The average molecular weight is 240 g/mol. The predicted molar refractivity (Wildman–Crippen MR) is 67.5 cm³/mol. The molecular weight excluding hydrogens is 224 g/mol. The van der Waals surface area contributed by atoms with Gasteiger partial charge in [-0.1, -0.05) is 12.2 Å². The maximum atomic E-state index is 8.82. The smallest absolute Gasteiger partial charge is 0.157 e. The van der Waals surface area contributed by atoms with Crippen molar-refractivity contribution in [2.24, 2.45) is 5.73 Å². The number of hydrogen-bond acceptors (Lipinski definition) is 5. The number of aliphatic hydroxyl groups excluding tert-OH is 1. The van der Waals surface area contributed by atoms with Gasteiger partial charge in [-0.2, -0.15) is 0 Å². The van der Waals surface area contributed by atoms with Crippen LogP contribution in [0.5, 0.6) is 0 Å². The fourth-order valence-corrected chi connectivity index (χ4v) is 1.56. The van der Waals surface area contributed by atoms with Crippen LogP contribution >= 0.6 is 12.2 Å². The van der Waals surface area contributed by atoms with Crippen molar-refractivity contribution in [3.05, 3.63) is 18.1 Å². The second-order valence-corrected chi connectivity index (χ2v) is 3.69.